The van der Waals surface area contributed by atoms with E-state index >= 15 is 0 Å². The molecule has 100 valence electrons. The quantitative estimate of drug-likeness (QED) is 0.868. The number of rotatable bonds is 1. The van der Waals surface area contributed by atoms with Crippen molar-refractivity contribution in [1.82, 2.24) is 14.9 Å². The van der Waals surface area contributed by atoms with E-state index in [0.717, 1.165) is 37.3 Å². The molecule has 1 aromatic carbocycles. The number of piperidine rings is 1. The summed E-state index contributed by atoms with van der Waals surface area (Å²) in [5.41, 5.74) is 0.709. The Kier molecular flexibility index (Phi) is 3.29. The largest absolute Gasteiger partial charge is 0.316 e. The average Bonchev–Trinajstić information content (AvgIpc) is 2.44. The minimum absolute atomic E-state index is 0.0203. The number of hydrogen-bond donors (Lipinski definition) is 1. The van der Waals surface area contributed by atoms with E-state index in [-0.39, 0.29) is 5.56 Å². The van der Waals surface area contributed by atoms with E-state index in [2.05, 4.69) is 10.3 Å². The molecule has 1 fully saturated rings. The van der Waals surface area contributed by atoms with Crippen LogP contribution in [-0.4, -0.2) is 22.6 Å². The minimum atomic E-state index is -0.0203. The molecule has 1 aliphatic heterocycles. The van der Waals surface area contributed by atoms with Gasteiger partial charge < -0.3 is 5.32 Å². The van der Waals surface area contributed by atoms with Crippen LogP contribution in [0, 0.1) is 0 Å². The third-order valence-corrected chi connectivity index (χ3v) is 3.97. The van der Waals surface area contributed by atoms with Gasteiger partial charge in [-0.05, 0) is 37.6 Å². The summed E-state index contributed by atoms with van der Waals surface area (Å²) in [4.78, 5) is 17.1. The third kappa shape index (κ3) is 2.26. The molecule has 19 heavy (non-hydrogen) atoms. The molecule has 2 aromatic rings. The van der Waals surface area contributed by atoms with Gasteiger partial charge in [-0.15, -0.1) is 0 Å². The Morgan fingerprint density at radius 2 is 2.32 bits per heavy atom. The molecule has 1 N–H and O–H groups in total. The van der Waals surface area contributed by atoms with Crippen LogP contribution in [0.15, 0.2) is 23.0 Å². The number of nitrogens with zero attached hydrogens (tertiary/aromatic N) is 2. The first-order valence-corrected chi connectivity index (χ1v) is 6.91. The zero-order valence-corrected chi connectivity index (χ0v) is 11.6. The highest BCUT2D eigenvalue weighted by Crippen LogP contribution is 2.22. The van der Waals surface area contributed by atoms with Crippen molar-refractivity contribution >= 4 is 22.5 Å². The number of halogens is 1. The van der Waals surface area contributed by atoms with Crippen molar-refractivity contribution in [2.75, 3.05) is 13.1 Å². The molecule has 1 saturated heterocycles. The van der Waals surface area contributed by atoms with Crippen LogP contribution in [0.4, 0.5) is 0 Å². The van der Waals surface area contributed by atoms with E-state index in [1.165, 1.54) is 0 Å². The fraction of sp³-hybridized carbons (Fsp3) is 0.429. The molecule has 0 radical (unpaired) electrons. The summed E-state index contributed by atoms with van der Waals surface area (Å²) >= 11 is 5.95. The lowest BCUT2D eigenvalue weighted by Gasteiger charge is -2.24. The summed E-state index contributed by atoms with van der Waals surface area (Å²) in [6, 6.07) is 5.28. The molecule has 5 heteroatoms. The Balaban J connectivity index is 2.18. The van der Waals surface area contributed by atoms with Crippen molar-refractivity contribution in [3.63, 3.8) is 0 Å². The normalized spacial score (nSPS) is 19.8. The molecule has 1 aliphatic rings. The van der Waals surface area contributed by atoms with Gasteiger partial charge >= 0.3 is 0 Å². The molecule has 1 aromatic heterocycles. The fourth-order valence-corrected chi connectivity index (χ4v) is 2.87. The van der Waals surface area contributed by atoms with Crippen molar-refractivity contribution in [1.29, 1.82) is 0 Å². The summed E-state index contributed by atoms with van der Waals surface area (Å²) in [7, 11) is 1.79. The van der Waals surface area contributed by atoms with E-state index in [1.54, 1.807) is 23.7 Å². The van der Waals surface area contributed by atoms with Gasteiger partial charge in [0.1, 0.15) is 5.82 Å². The van der Waals surface area contributed by atoms with Crippen LogP contribution in [0.25, 0.3) is 10.9 Å². The second-order valence-corrected chi connectivity index (χ2v) is 5.48. The smallest absolute Gasteiger partial charge is 0.261 e. The number of fused-ring (bicyclic) bond motifs is 1. The SMILES string of the molecule is Cn1c([C@@H]2CCCNC2)nc2ccc(Cl)cc2c1=O. The first kappa shape index (κ1) is 12.6. The monoisotopic (exact) mass is 277 g/mol. The van der Waals surface area contributed by atoms with Gasteiger partial charge in [-0.25, -0.2) is 4.98 Å². The van der Waals surface area contributed by atoms with Crippen molar-refractivity contribution in [2.24, 2.45) is 7.05 Å². The lowest BCUT2D eigenvalue weighted by atomic mass is 9.98. The molecule has 0 amide bonds. The summed E-state index contributed by atoms with van der Waals surface area (Å²) in [5, 5.41) is 4.51. The number of nitrogens with one attached hydrogen (secondary N) is 1. The van der Waals surface area contributed by atoms with Crippen LogP contribution in [-0.2, 0) is 7.05 Å². The molecular formula is C14H16ClN3O. The second kappa shape index (κ2) is 4.94. The maximum atomic E-state index is 12.4. The van der Waals surface area contributed by atoms with E-state index < -0.39 is 0 Å². The molecule has 2 heterocycles. The molecule has 3 rings (SSSR count). The van der Waals surface area contributed by atoms with Gasteiger partial charge in [-0.2, -0.15) is 0 Å². The van der Waals surface area contributed by atoms with Gasteiger partial charge in [0.15, 0.2) is 0 Å². The molecule has 0 saturated carbocycles. The van der Waals surface area contributed by atoms with Crippen LogP contribution in [0.3, 0.4) is 0 Å². The van der Waals surface area contributed by atoms with Crippen molar-refractivity contribution < 1.29 is 0 Å². The Morgan fingerprint density at radius 1 is 1.47 bits per heavy atom. The Bertz CT molecular complexity index is 674. The van der Waals surface area contributed by atoms with Gasteiger partial charge in [0.2, 0.25) is 0 Å². The molecule has 0 unspecified atom stereocenters. The highest BCUT2D eigenvalue weighted by atomic mass is 35.5. The first-order chi connectivity index (χ1) is 9.16. The summed E-state index contributed by atoms with van der Waals surface area (Å²) < 4.78 is 1.66. The highest BCUT2D eigenvalue weighted by Gasteiger charge is 2.20. The Morgan fingerprint density at radius 3 is 3.05 bits per heavy atom. The minimum Gasteiger partial charge on any atom is -0.316 e. The van der Waals surface area contributed by atoms with E-state index in [9.17, 15) is 4.79 Å². The van der Waals surface area contributed by atoms with Gasteiger partial charge in [-0.3, -0.25) is 9.36 Å². The molecule has 1 atom stereocenters. The fourth-order valence-electron chi connectivity index (χ4n) is 2.70. The van der Waals surface area contributed by atoms with Crippen molar-refractivity contribution in [3.05, 3.63) is 39.4 Å². The summed E-state index contributed by atoms with van der Waals surface area (Å²) in [6.45, 7) is 1.94. The lowest BCUT2D eigenvalue weighted by Crippen LogP contribution is -2.33. The highest BCUT2D eigenvalue weighted by molar-refractivity contribution is 6.31. The predicted octanol–water partition coefficient (Wildman–Crippen LogP) is 2.05. The Labute approximate surface area is 116 Å². The van der Waals surface area contributed by atoms with Crippen molar-refractivity contribution in [3.8, 4) is 0 Å². The van der Waals surface area contributed by atoms with Crippen LogP contribution in [0.2, 0.25) is 5.02 Å². The number of aromatic nitrogens is 2. The van der Waals surface area contributed by atoms with Crippen LogP contribution in [0.5, 0.6) is 0 Å². The van der Waals surface area contributed by atoms with Gasteiger partial charge in [0.05, 0.1) is 10.9 Å². The molecule has 0 spiro atoms. The molecule has 0 bridgehead atoms. The molecule has 4 nitrogen and oxygen atoms in total. The molecular weight excluding hydrogens is 262 g/mol. The lowest BCUT2D eigenvalue weighted by molar-refractivity contribution is 0.434. The average molecular weight is 278 g/mol. The van der Waals surface area contributed by atoms with Gasteiger partial charge in [0, 0.05) is 24.5 Å². The summed E-state index contributed by atoms with van der Waals surface area (Å²) in [5.74, 6) is 1.18. The number of hydrogen-bond acceptors (Lipinski definition) is 3. The van der Waals surface area contributed by atoms with Crippen LogP contribution >= 0.6 is 11.6 Å². The van der Waals surface area contributed by atoms with Crippen LogP contribution < -0.4 is 10.9 Å². The molecule has 0 aliphatic carbocycles. The number of benzene rings is 1. The zero-order valence-electron chi connectivity index (χ0n) is 10.8. The zero-order chi connectivity index (χ0) is 13.4. The maximum Gasteiger partial charge on any atom is 0.261 e. The van der Waals surface area contributed by atoms with E-state index in [1.807, 2.05) is 6.07 Å². The van der Waals surface area contributed by atoms with Crippen LogP contribution in [0.1, 0.15) is 24.6 Å². The van der Waals surface area contributed by atoms with E-state index in [0.29, 0.717) is 16.3 Å². The maximum absolute atomic E-state index is 12.4. The second-order valence-electron chi connectivity index (χ2n) is 5.04. The predicted molar refractivity (Wildman–Crippen MR) is 76.8 cm³/mol. The van der Waals surface area contributed by atoms with Gasteiger partial charge in [0.25, 0.3) is 5.56 Å². The summed E-state index contributed by atoms with van der Waals surface area (Å²) in [6.07, 6.45) is 2.20. The third-order valence-electron chi connectivity index (χ3n) is 3.73. The standard InChI is InChI=1S/C14H16ClN3O/c1-18-13(9-3-2-6-16-8-9)17-12-5-4-10(15)7-11(12)14(18)19/h4-5,7,9,16H,2-3,6,8H2,1H3/t9-/m1/s1. The van der Waals surface area contributed by atoms with Gasteiger partial charge in [-0.1, -0.05) is 11.6 Å². The topological polar surface area (TPSA) is 46.9 Å². The Hall–Kier alpha value is -1.39. The van der Waals surface area contributed by atoms with Crippen molar-refractivity contribution in [2.45, 2.75) is 18.8 Å². The first-order valence-electron chi connectivity index (χ1n) is 6.54. The van der Waals surface area contributed by atoms with E-state index in [4.69, 9.17) is 11.6 Å².